The van der Waals surface area contributed by atoms with E-state index in [2.05, 4.69) is 15.9 Å². The topological polar surface area (TPSA) is 55.8 Å². The maximum Gasteiger partial charge on any atom is 0.339 e. The highest BCUT2D eigenvalue weighted by Crippen LogP contribution is 2.23. The van der Waals surface area contributed by atoms with Crippen molar-refractivity contribution in [1.82, 2.24) is 0 Å². The Bertz CT molecular complexity index is 628. The highest BCUT2D eigenvalue weighted by molar-refractivity contribution is 9.10. The summed E-state index contributed by atoms with van der Waals surface area (Å²) in [6.07, 6.45) is 0. The minimum Gasteiger partial charge on any atom is -0.490 e. The fourth-order valence-corrected chi connectivity index (χ4v) is 1.97. The van der Waals surface area contributed by atoms with E-state index in [9.17, 15) is 9.18 Å². The number of halogens is 2. The molecule has 0 aliphatic heterocycles. The minimum absolute atomic E-state index is 0.0833. The average molecular weight is 355 g/mol. The smallest absolute Gasteiger partial charge is 0.339 e. The van der Waals surface area contributed by atoms with Crippen molar-refractivity contribution in [1.29, 1.82) is 0 Å². The van der Waals surface area contributed by atoms with Crippen molar-refractivity contribution in [2.75, 3.05) is 13.2 Å². The number of hydrogen-bond donors (Lipinski definition) is 1. The molecule has 0 aliphatic carbocycles. The predicted molar refractivity (Wildman–Crippen MR) is 78.5 cm³/mol. The maximum absolute atomic E-state index is 12.7. The summed E-state index contributed by atoms with van der Waals surface area (Å²) >= 11 is 3.26. The third-order valence-corrected chi connectivity index (χ3v) is 3.09. The van der Waals surface area contributed by atoms with Crippen LogP contribution in [0, 0.1) is 5.82 Å². The van der Waals surface area contributed by atoms with Crippen molar-refractivity contribution in [2.45, 2.75) is 0 Å². The Balaban J connectivity index is 1.90. The summed E-state index contributed by atoms with van der Waals surface area (Å²) in [4.78, 5) is 11.1. The first-order valence-electron chi connectivity index (χ1n) is 6.10. The van der Waals surface area contributed by atoms with Crippen LogP contribution in [0.3, 0.4) is 0 Å². The molecule has 2 aromatic rings. The first-order valence-corrected chi connectivity index (χ1v) is 6.89. The van der Waals surface area contributed by atoms with Crippen LogP contribution in [0.2, 0.25) is 0 Å². The molecule has 6 heteroatoms. The fraction of sp³-hybridized carbons (Fsp3) is 0.133. The molecule has 0 heterocycles. The van der Waals surface area contributed by atoms with Gasteiger partial charge in [0.15, 0.2) is 0 Å². The Labute approximate surface area is 129 Å². The standard InChI is InChI=1S/C15H12BrFO4/c16-10-1-6-13(15(18)19)14(9-10)21-8-7-20-12-4-2-11(17)3-5-12/h1-6,9H,7-8H2,(H,18,19). The molecule has 4 nitrogen and oxygen atoms in total. The van der Waals surface area contributed by atoms with Crippen molar-refractivity contribution >= 4 is 21.9 Å². The van der Waals surface area contributed by atoms with Gasteiger partial charge in [0.2, 0.25) is 0 Å². The molecular weight excluding hydrogens is 343 g/mol. The summed E-state index contributed by atoms with van der Waals surface area (Å²) in [6.45, 7) is 0.394. The normalized spacial score (nSPS) is 10.2. The lowest BCUT2D eigenvalue weighted by molar-refractivity contribution is 0.0691. The van der Waals surface area contributed by atoms with E-state index in [1.165, 1.54) is 30.3 Å². The molecule has 110 valence electrons. The molecule has 0 saturated carbocycles. The second-order valence-corrected chi connectivity index (χ2v) is 5.01. The lowest BCUT2D eigenvalue weighted by atomic mass is 10.2. The van der Waals surface area contributed by atoms with Crippen molar-refractivity contribution < 1.29 is 23.8 Å². The minimum atomic E-state index is -1.06. The summed E-state index contributed by atoms with van der Waals surface area (Å²) in [6, 6.07) is 10.3. The lowest BCUT2D eigenvalue weighted by Gasteiger charge is -2.10. The van der Waals surface area contributed by atoms with Crippen LogP contribution >= 0.6 is 15.9 Å². The SMILES string of the molecule is O=C(O)c1ccc(Br)cc1OCCOc1ccc(F)cc1. The van der Waals surface area contributed by atoms with Crippen molar-refractivity contribution in [3.05, 3.63) is 58.3 Å². The van der Waals surface area contributed by atoms with E-state index in [4.69, 9.17) is 14.6 Å². The van der Waals surface area contributed by atoms with Gasteiger partial charge < -0.3 is 14.6 Å². The van der Waals surface area contributed by atoms with E-state index < -0.39 is 5.97 Å². The number of carboxylic acids is 1. The van der Waals surface area contributed by atoms with Gasteiger partial charge >= 0.3 is 5.97 Å². The largest absolute Gasteiger partial charge is 0.490 e. The molecule has 1 N–H and O–H groups in total. The predicted octanol–water partition coefficient (Wildman–Crippen LogP) is 3.74. The van der Waals surface area contributed by atoms with Gasteiger partial charge in [0.05, 0.1) is 0 Å². The monoisotopic (exact) mass is 354 g/mol. The van der Waals surface area contributed by atoms with Crippen LogP contribution in [0.15, 0.2) is 46.9 Å². The van der Waals surface area contributed by atoms with Gasteiger partial charge in [-0.1, -0.05) is 15.9 Å². The van der Waals surface area contributed by atoms with Crippen LogP contribution in [-0.4, -0.2) is 24.3 Å². The van der Waals surface area contributed by atoms with E-state index in [0.29, 0.717) is 5.75 Å². The summed E-state index contributed by atoms with van der Waals surface area (Å²) in [5.74, 6) is -0.608. The van der Waals surface area contributed by atoms with Crippen molar-refractivity contribution in [3.63, 3.8) is 0 Å². The summed E-state index contributed by atoms with van der Waals surface area (Å²) in [5, 5.41) is 9.06. The molecule has 0 unspecified atom stereocenters. The number of rotatable bonds is 6. The molecule has 0 bridgehead atoms. The van der Waals surface area contributed by atoms with Crippen LogP contribution in [0.25, 0.3) is 0 Å². The molecule has 2 aromatic carbocycles. The molecule has 0 amide bonds. The zero-order valence-corrected chi connectivity index (χ0v) is 12.5. The zero-order chi connectivity index (χ0) is 15.2. The summed E-state index contributed by atoms with van der Waals surface area (Å²) in [7, 11) is 0. The third kappa shape index (κ3) is 4.46. The van der Waals surface area contributed by atoms with Gasteiger partial charge in [-0.05, 0) is 42.5 Å². The fourth-order valence-electron chi connectivity index (χ4n) is 1.63. The Kier molecular flexibility index (Phi) is 5.16. The summed E-state index contributed by atoms with van der Waals surface area (Å²) < 4.78 is 24.2. The van der Waals surface area contributed by atoms with Crippen molar-refractivity contribution in [2.24, 2.45) is 0 Å². The van der Waals surface area contributed by atoms with Gasteiger partial charge in [-0.25, -0.2) is 9.18 Å². The second kappa shape index (κ2) is 7.08. The van der Waals surface area contributed by atoms with E-state index in [1.54, 1.807) is 12.1 Å². The zero-order valence-electron chi connectivity index (χ0n) is 10.9. The first kappa shape index (κ1) is 15.3. The number of aromatic carboxylic acids is 1. The molecule has 0 saturated heterocycles. The molecule has 2 rings (SSSR count). The Morgan fingerprint density at radius 3 is 2.43 bits per heavy atom. The van der Waals surface area contributed by atoms with Gasteiger partial charge in [-0.15, -0.1) is 0 Å². The van der Waals surface area contributed by atoms with E-state index in [1.807, 2.05) is 0 Å². The van der Waals surface area contributed by atoms with E-state index in [0.717, 1.165) is 4.47 Å². The number of carboxylic acid groups (broad SMARTS) is 1. The number of benzene rings is 2. The van der Waals surface area contributed by atoms with Crippen LogP contribution in [0.1, 0.15) is 10.4 Å². The van der Waals surface area contributed by atoms with Gasteiger partial charge in [0, 0.05) is 4.47 Å². The lowest BCUT2D eigenvalue weighted by Crippen LogP contribution is -2.11. The van der Waals surface area contributed by atoms with Gasteiger partial charge in [0.25, 0.3) is 0 Å². The second-order valence-electron chi connectivity index (χ2n) is 4.10. The average Bonchev–Trinajstić information content (AvgIpc) is 2.45. The van der Waals surface area contributed by atoms with Crippen molar-refractivity contribution in [3.8, 4) is 11.5 Å². The van der Waals surface area contributed by atoms with Gasteiger partial charge in [-0.2, -0.15) is 0 Å². The Morgan fingerprint density at radius 2 is 1.76 bits per heavy atom. The van der Waals surface area contributed by atoms with Crippen LogP contribution in [-0.2, 0) is 0 Å². The Hall–Kier alpha value is -2.08. The Morgan fingerprint density at radius 1 is 1.10 bits per heavy atom. The summed E-state index contributed by atoms with van der Waals surface area (Å²) in [5.41, 5.74) is 0.0833. The molecule has 0 radical (unpaired) electrons. The molecule has 0 aromatic heterocycles. The highest BCUT2D eigenvalue weighted by Gasteiger charge is 2.11. The number of ether oxygens (including phenoxy) is 2. The first-order chi connectivity index (χ1) is 10.1. The van der Waals surface area contributed by atoms with Crippen LogP contribution < -0.4 is 9.47 Å². The maximum atomic E-state index is 12.7. The molecule has 0 atom stereocenters. The highest BCUT2D eigenvalue weighted by atomic mass is 79.9. The van der Waals surface area contributed by atoms with E-state index in [-0.39, 0.29) is 30.3 Å². The number of hydrogen-bond acceptors (Lipinski definition) is 3. The van der Waals surface area contributed by atoms with Crippen LogP contribution in [0.4, 0.5) is 4.39 Å². The quantitative estimate of drug-likeness (QED) is 0.802. The third-order valence-electron chi connectivity index (χ3n) is 2.60. The molecule has 21 heavy (non-hydrogen) atoms. The molecular formula is C15H12BrFO4. The van der Waals surface area contributed by atoms with E-state index >= 15 is 0 Å². The molecule has 0 spiro atoms. The molecule has 0 fully saturated rings. The number of carbonyl (C=O) groups is 1. The van der Waals surface area contributed by atoms with Gasteiger partial charge in [0.1, 0.15) is 36.1 Å². The van der Waals surface area contributed by atoms with Gasteiger partial charge in [-0.3, -0.25) is 0 Å². The molecule has 0 aliphatic rings. The van der Waals surface area contributed by atoms with Crippen LogP contribution in [0.5, 0.6) is 11.5 Å².